The lowest BCUT2D eigenvalue weighted by Gasteiger charge is -2.39. The highest BCUT2D eigenvalue weighted by atomic mass is 19.2. The van der Waals surface area contributed by atoms with E-state index < -0.39 is 46.7 Å². The number of hydrogen-bond acceptors (Lipinski definition) is 13. The fourth-order valence-corrected chi connectivity index (χ4v) is 12.2. The first kappa shape index (κ1) is 46.8. The van der Waals surface area contributed by atoms with Crippen LogP contribution in [0.3, 0.4) is 0 Å². The SMILES string of the molecule is COc1cc(N2C[C@H]3CC[C@@H](C2)[C@H]3Nc2nc3n(n2)CCCCC3c2ccc(F)c(F)c2F)cnn1.Cc1cc(N2C[C@H]3CC[C@@H](C2)[C@H]3Nc2nc3n(n2)CCCC[C@@H]3c2ccc(F)c(F)c2F)cnn1. The van der Waals surface area contributed by atoms with Crippen LogP contribution in [0.25, 0.3) is 0 Å². The fraction of sp³-hybridized carbons (Fsp3) is 0.520. The van der Waals surface area contributed by atoms with Gasteiger partial charge in [0, 0.05) is 80.4 Å². The Kier molecular flexibility index (Phi) is 12.9. The maximum absolute atomic E-state index is 14.7. The van der Waals surface area contributed by atoms with Crippen molar-refractivity contribution in [1.29, 1.82) is 0 Å². The van der Waals surface area contributed by atoms with E-state index in [0.29, 0.717) is 79.0 Å². The summed E-state index contributed by atoms with van der Waals surface area (Å²) in [5.74, 6) is -3.97. The minimum atomic E-state index is -1.44. The number of nitrogens with one attached hydrogen (secondary N) is 2. The van der Waals surface area contributed by atoms with Gasteiger partial charge in [-0.1, -0.05) is 25.0 Å². The van der Waals surface area contributed by atoms with E-state index in [4.69, 9.17) is 24.9 Å². The number of aryl methyl sites for hydroxylation is 3. The molecule has 71 heavy (non-hydrogen) atoms. The van der Waals surface area contributed by atoms with Crippen molar-refractivity contribution in [2.24, 2.45) is 23.7 Å². The molecule has 0 amide bonds. The van der Waals surface area contributed by atoms with E-state index in [2.05, 4.69) is 46.9 Å². The Hall–Kier alpha value is -6.54. The van der Waals surface area contributed by atoms with E-state index in [1.165, 1.54) is 12.1 Å². The highest BCUT2D eigenvalue weighted by Crippen LogP contribution is 2.43. The van der Waals surface area contributed by atoms with Gasteiger partial charge in [-0.15, -0.1) is 15.3 Å². The van der Waals surface area contributed by atoms with Gasteiger partial charge in [-0.3, -0.25) is 0 Å². The molecule has 4 fully saturated rings. The summed E-state index contributed by atoms with van der Waals surface area (Å²) in [5, 5.41) is 32.8. The van der Waals surface area contributed by atoms with Gasteiger partial charge in [-0.05, 0) is 100 Å². The summed E-state index contributed by atoms with van der Waals surface area (Å²) in [4.78, 5) is 14.2. The molecule has 8 atom stereocenters. The quantitative estimate of drug-likeness (QED) is 0.105. The number of methoxy groups -OCH3 is 1. The summed E-state index contributed by atoms with van der Waals surface area (Å²) in [6.45, 7) is 6.89. The molecule has 1 unspecified atom stereocenters. The van der Waals surface area contributed by atoms with Crippen molar-refractivity contribution < 1.29 is 31.1 Å². The molecule has 8 heterocycles. The third-order valence-electron chi connectivity index (χ3n) is 15.7. The predicted molar refractivity (Wildman–Crippen MR) is 251 cm³/mol. The number of aromatic nitrogens is 10. The molecule has 2 aliphatic carbocycles. The van der Waals surface area contributed by atoms with Crippen LogP contribution in [0.15, 0.2) is 48.8 Å². The Bertz CT molecular complexity index is 2870. The molecule has 12 rings (SSSR count). The highest BCUT2D eigenvalue weighted by molar-refractivity contribution is 5.49. The topological polar surface area (TPSA) is 153 Å². The standard InChI is InChI=1S/C25H28F3N7O.C25H28F3N7/c1-36-20-10-16(11-29-32-20)34-12-14-5-6-15(13-34)23(14)30-25-31-24-18(4-2-3-9-35(24)33-25)17-7-8-19(26)22(28)21(17)27;1-14-10-17(11-29-32-14)34-12-15-5-6-16(13-34)23(15)30-25-31-24-19(4-2-3-9-35(24)33-25)18-7-8-20(26)22(28)21(18)27/h7-8,10-11,14-15,18,23H,2-6,9,12-13H2,1H3,(H,30,33);7-8,10-11,15-16,19,23H,2-6,9,12-13H2,1H3,(H,30,33)/t14-,15+,18?,23+;15-,16+,19-,23+/m.1/s1. The Morgan fingerprint density at radius 1 is 0.549 bits per heavy atom. The first-order valence-corrected chi connectivity index (χ1v) is 24.8. The molecule has 2 aromatic carbocycles. The number of halogens is 6. The van der Waals surface area contributed by atoms with E-state index >= 15 is 0 Å². The van der Waals surface area contributed by atoms with Gasteiger partial charge in [0.1, 0.15) is 11.6 Å². The van der Waals surface area contributed by atoms with Gasteiger partial charge in [0.05, 0.1) is 36.6 Å². The fourth-order valence-electron chi connectivity index (χ4n) is 12.2. The molecular weight excluding hydrogens is 927 g/mol. The zero-order valence-electron chi connectivity index (χ0n) is 39.6. The molecule has 0 spiro atoms. The molecule has 4 aromatic heterocycles. The first-order chi connectivity index (χ1) is 34.5. The normalized spacial score (nSPS) is 25.6. The van der Waals surface area contributed by atoms with Crippen LogP contribution in [0.4, 0.5) is 49.6 Å². The monoisotopic (exact) mass is 982 g/mol. The summed E-state index contributed by atoms with van der Waals surface area (Å²) in [7, 11) is 1.58. The van der Waals surface area contributed by atoms with Crippen molar-refractivity contribution in [3.63, 3.8) is 0 Å². The summed E-state index contributed by atoms with van der Waals surface area (Å²) >= 11 is 0. The van der Waals surface area contributed by atoms with Crippen molar-refractivity contribution in [3.8, 4) is 5.88 Å². The lowest BCUT2D eigenvalue weighted by molar-refractivity contribution is 0.372. The number of anilines is 4. The summed E-state index contributed by atoms with van der Waals surface area (Å²) in [5.41, 5.74) is 3.29. The molecule has 2 N–H and O–H groups in total. The van der Waals surface area contributed by atoms with Crippen LogP contribution in [0.1, 0.15) is 105 Å². The lowest BCUT2D eigenvalue weighted by atomic mass is 9.92. The Morgan fingerprint density at radius 2 is 1.00 bits per heavy atom. The van der Waals surface area contributed by atoms with Gasteiger partial charge in [0.2, 0.25) is 17.8 Å². The number of ether oxygens (including phenoxy) is 1. The van der Waals surface area contributed by atoms with Crippen LogP contribution in [0, 0.1) is 65.5 Å². The molecule has 6 aliphatic rings. The van der Waals surface area contributed by atoms with Gasteiger partial charge in [-0.2, -0.15) is 25.3 Å². The second kappa shape index (κ2) is 19.6. The molecule has 4 aliphatic heterocycles. The number of hydrogen-bond donors (Lipinski definition) is 2. The second-order valence-electron chi connectivity index (χ2n) is 20.0. The lowest BCUT2D eigenvalue weighted by Crippen LogP contribution is -2.48. The van der Waals surface area contributed by atoms with E-state index in [1.54, 1.807) is 18.0 Å². The van der Waals surface area contributed by atoms with Crippen LogP contribution >= 0.6 is 0 Å². The molecule has 21 heteroatoms. The van der Waals surface area contributed by atoms with Crippen molar-refractivity contribution in [3.05, 3.63) is 112 Å². The number of nitrogens with zero attached hydrogens (tertiary/aromatic N) is 12. The average Bonchev–Trinajstić information content (AvgIpc) is 3.99. The van der Waals surface area contributed by atoms with E-state index in [9.17, 15) is 26.3 Å². The van der Waals surface area contributed by atoms with Gasteiger partial charge in [0.15, 0.2) is 34.9 Å². The van der Waals surface area contributed by atoms with Crippen LogP contribution in [-0.2, 0) is 13.1 Å². The summed E-state index contributed by atoms with van der Waals surface area (Å²) in [6.07, 6.45) is 12.7. The zero-order chi connectivity index (χ0) is 48.9. The van der Waals surface area contributed by atoms with Gasteiger partial charge in [0.25, 0.3) is 0 Å². The van der Waals surface area contributed by atoms with Crippen molar-refractivity contribution in [1.82, 2.24) is 49.9 Å². The van der Waals surface area contributed by atoms with Crippen molar-refractivity contribution in [2.45, 2.75) is 108 Å². The summed E-state index contributed by atoms with van der Waals surface area (Å²) in [6, 6.07) is 9.10. The third kappa shape index (κ3) is 9.20. The van der Waals surface area contributed by atoms with Crippen molar-refractivity contribution in [2.75, 3.05) is 53.7 Å². The van der Waals surface area contributed by atoms with Crippen LogP contribution < -0.4 is 25.2 Å². The number of rotatable bonds is 9. The minimum Gasteiger partial charge on any atom is -0.480 e. The van der Waals surface area contributed by atoms with Crippen LogP contribution in [0.5, 0.6) is 5.88 Å². The molecular formula is C50H56F6N14O. The van der Waals surface area contributed by atoms with E-state index in [1.807, 2.05) is 23.9 Å². The largest absolute Gasteiger partial charge is 0.480 e. The second-order valence-corrected chi connectivity index (χ2v) is 20.0. The maximum atomic E-state index is 14.7. The predicted octanol–water partition coefficient (Wildman–Crippen LogP) is 8.57. The Balaban J connectivity index is 0.000000154. The summed E-state index contributed by atoms with van der Waals surface area (Å²) < 4.78 is 93.3. The highest BCUT2D eigenvalue weighted by Gasteiger charge is 2.45. The smallest absolute Gasteiger partial charge is 0.242 e. The number of piperidine rings is 2. The molecule has 0 radical (unpaired) electrons. The Morgan fingerprint density at radius 3 is 1.45 bits per heavy atom. The molecule has 15 nitrogen and oxygen atoms in total. The first-order valence-electron chi connectivity index (χ1n) is 24.8. The van der Waals surface area contributed by atoms with Gasteiger partial charge < -0.3 is 25.2 Å². The van der Waals surface area contributed by atoms with E-state index in [0.717, 1.165) is 107 Å². The van der Waals surface area contributed by atoms with Crippen LogP contribution in [-0.4, -0.2) is 95.3 Å². The van der Waals surface area contributed by atoms with Gasteiger partial charge >= 0.3 is 0 Å². The number of benzene rings is 2. The Labute approximate surface area is 406 Å². The van der Waals surface area contributed by atoms with Crippen molar-refractivity contribution >= 4 is 23.3 Å². The van der Waals surface area contributed by atoms with Crippen LogP contribution in [0.2, 0.25) is 0 Å². The zero-order valence-corrected chi connectivity index (χ0v) is 39.6. The number of fused-ring (bicyclic) bond motifs is 6. The third-order valence-corrected chi connectivity index (χ3v) is 15.7. The molecule has 374 valence electrons. The molecule has 2 saturated carbocycles. The minimum absolute atomic E-state index is 0.130. The average molecular weight is 983 g/mol. The van der Waals surface area contributed by atoms with Gasteiger partial charge in [-0.25, -0.2) is 35.7 Å². The molecule has 6 aromatic rings. The molecule has 2 saturated heterocycles. The van der Waals surface area contributed by atoms with E-state index in [-0.39, 0.29) is 23.2 Å². The molecule has 4 bridgehead atoms. The maximum Gasteiger partial charge on any atom is 0.242 e.